The van der Waals surface area contributed by atoms with Gasteiger partial charge in [-0.25, -0.2) is 4.39 Å². The molecule has 0 spiro atoms. The van der Waals surface area contributed by atoms with Crippen LogP contribution in [0, 0.1) is 5.82 Å². The predicted octanol–water partition coefficient (Wildman–Crippen LogP) is 4.44. The number of furan rings is 1. The topological polar surface area (TPSA) is 99.9 Å². The van der Waals surface area contributed by atoms with Crippen LogP contribution >= 0.6 is 11.6 Å². The van der Waals surface area contributed by atoms with Crippen molar-refractivity contribution in [1.82, 2.24) is 10.4 Å². The lowest BCUT2D eigenvalue weighted by Crippen LogP contribution is -2.31. The first-order valence-electron chi connectivity index (χ1n) is 9.81. The number of unbranched alkanes of at least 4 members (excludes halogenated alkanes) is 3. The highest BCUT2D eigenvalue weighted by Gasteiger charge is 2.15. The fourth-order valence-electron chi connectivity index (χ4n) is 2.79. The number of halogens is 2. The highest BCUT2D eigenvalue weighted by Crippen LogP contribution is 2.22. The Morgan fingerprint density at radius 2 is 1.77 bits per heavy atom. The lowest BCUT2D eigenvalue weighted by atomic mass is 10.0. The molecule has 0 fully saturated rings. The van der Waals surface area contributed by atoms with Crippen molar-refractivity contribution in [3.63, 3.8) is 0 Å². The molecule has 1 heterocycles. The Hall–Kier alpha value is -2.97. The number of nitrogens with one attached hydrogen (secondary N) is 1. The number of imide groups is 1. The van der Waals surface area contributed by atoms with Crippen molar-refractivity contribution < 1.29 is 28.4 Å². The molecule has 0 saturated heterocycles. The van der Waals surface area contributed by atoms with Crippen LogP contribution in [-0.4, -0.2) is 34.5 Å². The second kappa shape index (κ2) is 12.0. The van der Waals surface area contributed by atoms with Crippen LogP contribution in [0.1, 0.15) is 50.4 Å². The van der Waals surface area contributed by atoms with Crippen molar-refractivity contribution in [1.29, 1.82) is 0 Å². The van der Waals surface area contributed by atoms with E-state index in [0.717, 1.165) is 13.3 Å². The van der Waals surface area contributed by atoms with Gasteiger partial charge in [0.25, 0.3) is 11.8 Å². The summed E-state index contributed by atoms with van der Waals surface area (Å²) in [6.45, 7) is 1.51. The second-order valence-electron chi connectivity index (χ2n) is 6.85. The maximum absolute atomic E-state index is 13.3. The average molecular weight is 451 g/mol. The highest BCUT2D eigenvalue weighted by atomic mass is 35.5. The summed E-state index contributed by atoms with van der Waals surface area (Å²) in [4.78, 5) is 35.1. The zero-order valence-corrected chi connectivity index (χ0v) is 17.8. The Kier molecular flexibility index (Phi) is 9.42. The van der Waals surface area contributed by atoms with Gasteiger partial charge in [0.2, 0.25) is 5.91 Å². The molecular weight excluding hydrogens is 427 g/mol. The maximum atomic E-state index is 13.3. The minimum absolute atomic E-state index is 0.0750. The summed E-state index contributed by atoms with van der Waals surface area (Å²) < 4.78 is 18.6. The van der Waals surface area contributed by atoms with Gasteiger partial charge in [0.15, 0.2) is 5.22 Å². The van der Waals surface area contributed by atoms with Gasteiger partial charge < -0.3 is 9.73 Å². The Balaban J connectivity index is 1.84. The Labute approximate surface area is 184 Å². The first-order valence-corrected chi connectivity index (χ1v) is 10.2. The maximum Gasteiger partial charge on any atom is 0.253 e. The van der Waals surface area contributed by atoms with E-state index in [9.17, 15) is 24.0 Å². The van der Waals surface area contributed by atoms with Gasteiger partial charge in [-0.2, -0.15) is 5.06 Å². The van der Waals surface area contributed by atoms with Gasteiger partial charge in [0, 0.05) is 19.9 Å². The fraction of sp³-hybridized carbons (Fsp3) is 0.318. The number of rotatable bonds is 10. The zero-order chi connectivity index (χ0) is 22.8. The summed E-state index contributed by atoms with van der Waals surface area (Å²) >= 11 is 5.79. The number of hydroxylamine groups is 2. The molecule has 0 bridgehead atoms. The van der Waals surface area contributed by atoms with E-state index >= 15 is 0 Å². The second-order valence-corrected chi connectivity index (χ2v) is 7.22. The molecule has 31 heavy (non-hydrogen) atoms. The molecule has 0 aliphatic heterocycles. The van der Waals surface area contributed by atoms with Crippen molar-refractivity contribution in [2.24, 2.45) is 0 Å². The summed E-state index contributed by atoms with van der Waals surface area (Å²) in [5, 5.41) is 12.3. The van der Waals surface area contributed by atoms with Crippen LogP contribution in [0.15, 0.2) is 40.8 Å². The van der Waals surface area contributed by atoms with Crippen LogP contribution in [0.3, 0.4) is 0 Å². The normalized spacial score (nSPS) is 11.3. The lowest BCUT2D eigenvalue weighted by molar-refractivity contribution is -0.177. The summed E-state index contributed by atoms with van der Waals surface area (Å²) in [5.41, 5.74) is 0.841. The van der Waals surface area contributed by atoms with Gasteiger partial charge in [-0.1, -0.05) is 25.0 Å². The summed E-state index contributed by atoms with van der Waals surface area (Å²) in [6, 6.07) is 8.74. The molecule has 2 N–H and O–H groups in total. The quantitative estimate of drug-likeness (QED) is 0.241. The van der Waals surface area contributed by atoms with E-state index in [0.29, 0.717) is 42.7 Å². The number of hydrogen-bond acceptors (Lipinski definition) is 5. The lowest BCUT2D eigenvalue weighted by Gasteiger charge is -2.10. The molecule has 0 aliphatic carbocycles. The largest absolute Gasteiger partial charge is 0.445 e. The third kappa shape index (κ3) is 7.99. The van der Waals surface area contributed by atoms with E-state index in [-0.39, 0.29) is 22.6 Å². The SMILES string of the molecule is CC(=O)N(O)C(=O)CCCCCCNC(=O)C(=Cc1ccc(Cl)o1)c1ccc(F)cc1. The van der Waals surface area contributed by atoms with Crippen LogP contribution in [0.5, 0.6) is 0 Å². The van der Waals surface area contributed by atoms with E-state index < -0.39 is 17.6 Å². The van der Waals surface area contributed by atoms with Gasteiger partial charge >= 0.3 is 0 Å². The molecule has 1 aromatic carbocycles. The van der Waals surface area contributed by atoms with Gasteiger partial charge in [0.05, 0.1) is 5.57 Å². The monoisotopic (exact) mass is 450 g/mol. The van der Waals surface area contributed by atoms with Crippen molar-refractivity contribution in [3.05, 3.63) is 58.8 Å². The number of carbonyl (C=O) groups is 3. The molecule has 0 unspecified atom stereocenters. The Morgan fingerprint density at radius 3 is 2.39 bits per heavy atom. The van der Waals surface area contributed by atoms with Gasteiger partial charge in [0.1, 0.15) is 11.6 Å². The van der Waals surface area contributed by atoms with E-state index in [2.05, 4.69) is 5.32 Å². The molecule has 9 heteroatoms. The van der Waals surface area contributed by atoms with Gasteiger partial charge in [-0.3, -0.25) is 19.6 Å². The summed E-state index contributed by atoms with van der Waals surface area (Å²) in [6.07, 6.45) is 4.28. The van der Waals surface area contributed by atoms with E-state index in [1.54, 1.807) is 12.1 Å². The van der Waals surface area contributed by atoms with E-state index in [1.165, 1.54) is 30.3 Å². The highest BCUT2D eigenvalue weighted by molar-refractivity contribution is 6.29. The van der Waals surface area contributed by atoms with Crippen molar-refractivity contribution in [2.75, 3.05) is 6.54 Å². The van der Waals surface area contributed by atoms with Crippen molar-refractivity contribution in [3.8, 4) is 0 Å². The average Bonchev–Trinajstić information content (AvgIpc) is 3.15. The third-order valence-electron chi connectivity index (χ3n) is 4.42. The minimum Gasteiger partial charge on any atom is -0.445 e. The van der Waals surface area contributed by atoms with Gasteiger partial charge in [-0.05, 0) is 60.3 Å². The molecule has 0 aliphatic rings. The number of hydrogen-bond donors (Lipinski definition) is 2. The zero-order valence-electron chi connectivity index (χ0n) is 17.1. The van der Waals surface area contributed by atoms with E-state index in [1.807, 2.05) is 0 Å². The Morgan fingerprint density at radius 1 is 1.10 bits per heavy atom. The van der Waals surface area contributed by atoms with Crippen LogP contribution in [-0.2, 0) is 14.4 Å². The van der Waals surface area contributed by atoms with Crippen LogP contribution in [0.25, 0.3) is 11.6 Å². The van der Waals surface area contributed by atoms with Crippen molar-refractivity contribution >= 4 is 41.0 Å². The first kappa shape index (κ1) is 24.3. The molecule has 3 amide bonds. The van der Waals surface area contributed by atoms with Crippen LogP contribution in [0.2, 0.25) is 5.22 Å². The molecule has 0 atom stereocenters. The fourth-order valence-corrected chi connectivity index (χ4v) is 2.94. The molecule has 166 valence electrons. The van der Waals surface area contributed by atoms with E-state index in [4.69, 9.17) is 16.0 Å². The van der Waals surface area contributed by atoms with Crippen LogP contribution in [0.4, 0.5) is 4.39 Å². The summed E-state index contributed by atoms with van der Waals surface area (Å²) in [7, 11) is 0. The minimum atomic E-state index is -0.713. The Bertz CT molecular complexity index is 940. The summed E-state index contributed by atoms with van der Waals surface area (Å²) in [5.74, 6) is -1.70. The number of nitrogens with zero attached hydrogens (tertiary/aromatic N) is 1. The van der Waals surface area contributed by atoms with Crippen LogP contribution < -0.4 is 5.32 Å². The molecule has 2 rings (SSSR count). The third-order valence-corrected chi connectivity index (χ3v) is 4.62. The number of carbonyl (C=O) groups excluding carboxylic acids is 3. The molecular formula is C22H24ClFN2O5. The van der Waals surface area contributed by atoms with Gasteiger partial charge in [-0.15, -0.1) is 0 Å². The smallest absolute Gasteiger partial charge is 0.253 e. The number of benzene rings is 1. The molecule has 0 saturated carbocycles. The molecule has 7 nitrogen and oxygen atoms in total. The first-order chi connectivity index (χ1) is 14.8. The number of amides is 3. The molecule has 1 aromatic heterocycles. The standard InChI is InChI=1S/C22H24ClFN2O5/c1-15(27)26(30)21(28)6-4-2-3-5-13-25-22(29)19(14-18-11-12-20(23)31-18)16-7-9-17(24)10-8-16/h7-12,14,30H,2-6,13H2,1H3,(H,25,29). The predicted molar refractivity (Wildman–Crippen MR) is 113 cm³/mol. The van der Waals surface area contributed by atoms with Crippen molar-refractivity contribution in [2.45, 2.75) is 39.0 Å². The molecule has 0 radical (unpaired) electrons. The molecule has 2 aromatic rings.